The van der Waals surface area contributed by atoms with Crippen LogP contribution in [0.15, 0.2) is 64.2 Å². The molecule has 1 aliphatic rings. The summed E-state index contributed by atoms with van der Waals surface area (Å²) in [5, 5.41) is 15.1. The molecule has 11 nitrogen and oxygen atoms in total. The van der Waals surface area contributed by atoms with Crippen molar-refractivity contribution in [2.45, 2.75) is 57.1 Å². The van der Waals surface area contributed by atoms with E-state index in [0.29, 0.717) is 24.8 Å². The summed E-state index contributed by atoms with van der Waals surface area (Å²) < 4.78 is 31.7. The van der Waals surface area contributed by atoms with E-state index in [0.717, 1.165) is 9.69 Å². The number of hydrogen-bond donors (Lipinski definition) is 3. The standard InChI is InChI=1S/C19H30N4O4S.C9H6O3/c1-19(2,3)12-15(20-4)18(25)22-14-8-7-11-23(13-16(14)24)28(26,27)17-9-5-6-10-21-17;10-9(11)8-5-6-3-1-2-4-7(6)12-8/h5-6,9-10,14-15,20H,7-8,11-13H2,1-4H3,(H,22,25);1-5H,(H,10,11)/t14?,15-;/m0./s1. The van der Waals surface area contributed by atoms with Crippen LogP contribution in [0.4, 0.5) is 0 Å². The molecule has 0 spiro atoms. The number of fused-ring (bicyclic) bond motifs is 1. The number of sulfonamides is 1. The first-order valence-electron chi connectivity index (χ1n) is 13.0. The highest BCUT2D eigenvalue weighted by Crippen LogP contribution is 2.22. The van der Waals surface area contributed by atoms with Gasteiger partial charge in [-0.2, -0.15) is 4.31 Å². The molecular formula is C28H36N4O7S. The van der Waals surface area contributed by atoms with E-state index in [2.05, 4.69) is 15.6 Å². The van der Waals surface area contributed by atoms with Gasteiger partial charge in [0.2, 0.25) is 11.7 Å². The Balaban J connectivity index is 0.000000302. The molecule has 2 aromatic heterocycles. The number of benzene rings is 1. The number of furan rings is 1. The van der Waals surface area contributed by atoms with Crippen LogP contribution in [0.3, 0.4) is 0 Å². The molecule has 3 heterocycles. The average Bonchev–Trinajstić information content (AvgIpc) is 3.27. The fourth-order valence-corrected chi connectivity index (χ4v) is 5.66. The number of aromatic carboxylic acids is 1. The molecule has 0 saturated carbocycles. The van der Waals surface area contributed by atoms with Crippen LogP contribution in [-0.2, 0) is 19.6 Å². The van der Waals surface area contributed by atoms with E-state index in [4.69, 9.17) is 9.52 Å². The fraction of sp³-hybridized carbons (Fsp3) is 0.429. The highest BCUT2D eigenvalue weighted by atomic mass is 32.2. The van der Waals surface area contributed by atoms with Gasteiger partial charge in [0.1, 0.15) is 5.58 Å². The van der Waals surface area contributed by atoms with Crippen LogP contribution in [0.1, 0.15) is 50.6 Å². The maximum Gasteiger partial charge on any atom is 0.371 e. The number of amides is 1. The number of nitrogens with zero attached hydrogens (tertiary/aromatic N) is 2. The third kappa shape index (κ3) is 8.20. The molecule has 12 heteroatoms. The molecule has 1 aromatic carbocycles. The number of rotatable bonds is 7. The normalized spacial score (nSPS) is 17.4. The van der Waals surface area contributed by atoms with Gasteiger partial charge >= 0.3 is 5.97 Å². The third-order valence-electron chi connectivity index (χ3n) is 6.30. The summed E-state index contributed by atoms with van der Waals surface area (Å²) in [5.41, 5.74) is 0.557. The van der Waals surface area contributed by atoms with Gasteiger partial charge in [-0.05, 0) is 56.0 Å². The minimum Gasteiger partial charge on any atom is -0.475 e. The lowest BCUT2D eigenvalue weighted by Crippen LogP contribution is -2.51. The number of carbonyl (C=O) groups excluding carboxylic acids is 2. The molecule has 0 radical (unpaired) electrons. The van der Waals surface area contributed by atoms with Gasteiger partial charge in [-0.3, -0.25) is 9.59 Å². The van der Waals surface area contributed by atoms with E-state index in [-0.39, 0.29) is 41.0 Å². The van der Waals surface area contributed by atoms with Gasteiger partial charge in [-0.25, -0.2) is 18.2 Å². The van der Waals surface area contributed by atoms with Crippen LogP contribution in [0, 0.1) is 5.41 Å². The Hall–Kier alpha value is -3.61. The molecule has 40 heavy (non-hydrogen) atoms. The minimum atomic E-state index is -3.84. The van der Waals surface area contributed by atoms with Crippen LogP contribution in [-0.4, -0.2) is 72.7 Å². The van der Waals surface area contributed by atoms with Crippen molar-refractivity contribution in [2.75, 3.05) is 20.1 Å². The first kappa shape index (κ1) is 30.9. The lowest BCUT2D eigenvalue weighted by atomic mass is 9.87. The first-order chi connectivity index (χ1) is 18.8. The topological polar surface area (TPSA) is 159 Å². The average molecular weight is 573 g/mol. The summed E-state index contributed by atoms with van der Waals surface area (Å²) in [6.07, 6.45) is 2.91. The van der Waals surface area contributed by atoms with Gasteiger partial charge in [-0.15, -0.1) is 0 Å². The molecule has 1 saturated heterocycles. The van der Waals surface area contributed by atoms with Crippen molar-refractivity contribution in [3.8, 4) is 0 Å². The summed E-state index contributed by atoms with van der Waals surface area (Å²) in [6, 6.07) is 12.2. The predicted molar refractivity (Wildman–Crippen MR) is 149 cm³/mol. The Morgan fingerprint density at radius 2 is 1.88 bits per heavy atom. The molecule has 1 amide bonds. The van der Waals surface area contributed by atoms with Crippen molar-refractivity contribution in [3.63, 3.8) is 0 Å². The van der Waals surface area contributed by atoms with Crippen molar-refractivity contribution in [1.29, 1.82) is 0 Å². The zero-order chi connectivity index (χ0) is 29.5. The fourth-order valence-electron chi connectivity index (χ4n) is 4.28. The molecule has 1 aliphatic heterocycles. The number of nitrogens with one attached hydrogen (secondary N) is 2. The number of carboxylic acids is 1. The van der Waals surface area contributed by atoms with Gasteiger partial charge in [0.15, 0.2) is 10.8 Å². The summed E-state index contributed by atoms with van der Waals surface area (Å²) in [6.45, 7) is 6.08. The smallest absolute Gasteiger partial charge is 0.371 e. The van der Waals surface area contributed by atoms with E-state index >= 15 is 0 Å². The van der Waals surface area contributed by atoms with Crippen LogP contribution in [0.2, 0.25) is 0 Å². The molecular weight excluding hydrogens is 536 g/mol. The Morgan fingerprint density at radius 1 is 1.18 bits per heavy atom. The maximum atomic E-state index is 12.7. The van der Waals surface area contributed by atoms with Crippen molar-refractivity contribution in [1.82, 2.24) is 19.9 Å². The first-order valence-corrected chi connectivity index (χ1v) is 14.4. The number of aromatic nitrogens is 1. The lowest BCUT2D eigenvalue weighted by molar-refractivity contribution is -0.129. The molecule has 216 valence electrons. The highest BCUT2D eigenvalue weighted by Gasteiger charge is 2.34. The van der Waals surface area contributed by atoms with E-state index < -0.39 is 28.1 Å². The van der Waals surface area contributed by atoms with E-state index in [1.807, 2.05) is 32.9 Å². The van der Waals surface area contributed by atoms with Gasteiger partial charge in [0.05, 0.1) is 18.6 Å². The lowest BCUT2D eigenvalue weighted by Gasteiger charge is -2.26. The third-order valence-corrected chi connectivity index (χ3v) is 8.06. The zero-order valence-corrected chi connectivity index (χ0v) is 23.9. The zero-order valence-electron chi connectivity index (χ0n) is 23.1. The molecule has 1 unspecified atom stereocenters. The SMILES string of the molecule is CN[C@@H](CC(C)(C)C)C(=O)NC1CCCN(S(=O)(=O)c2ccccn2)CC1=O.O=C(O)c1cc2ccccc2o1. The number of para-hydroxylation sites is 1. The molecule has 0 bridgehead atoms. The van der Waals surface area contributed by atoms with Gasteiger partial charge in [0.25, 0.3) is 10.0 Å². The Morgan fingerprint density at radius 3 is 2.48 bits per heavy atom. The monoisotopic (exact) mass is 572 g/mol. The molecule has 3 aromatic rings. The Labute approximate surface area is 234 Å². The van der Waals surface area contributed by atoms with Crippen LogP contribution < -0.4 is 10.6 Å². The van der Waals surface area contributed by atoms with Crippen LogP contribution in [0.5, 0.6) is 0 Å². The largest absolute Gasteiger partial charge is 0.475 e. The van der Waals surface area contributed by atoms with Crippen molar-refractivity contribution < 1.29 is 32.3 Å². The minimum absolute atomic E-state index is 0.0174. The molecule has 0 aliphatic carbocycles. The van der Waals surface area contributed by atoms with Crippen LogP contribution in [0.25, 0.3) is 11.0 Å². The number of pyridine rings is 1. The second-order valence-electron chi connectivity index (χ2n) is 10.7. The quantitative estimate of drug-likeness (QED) is 0.387. The number of hydrogen-bond acceptors (Lipinski definition) is 8. The predicted octanol–water partition coefficient (Wildman–Crippen LogP) is 3.08. The molecule has 4 rings (SSSR count). The number of likely N-dealkylation sites (N-methyl/N-ethyl adjacent to an activating group) is 1. The Kier molecular flexibility index (Phi) is 10.2. The number of Topliss-reactive ketones (excluding diaryl/α,β-unsaturated/α-hetero) is 1. The second-order valence-corrected chi connectivity index (χ2v) is 12.6. The van der Waals surface area contributed by atoms with Crippen LogP contribution >= 0.6 is 0 Å². The number of ketones is 1. The summed E-state index contributed by atoms with van der Waals surface area (Å²) in [4.78, 5) is 39.7. The second kappa shape index (κ2) is 13.2. The maximum absolute atomic E-state index is 12.7. The molecule has 2 atom stereocenters. The number of carbonyl (C=O) groups is 3. The van der Waals surface area contributed by atoms with Gasteiger partial charge in [0, 0.05) is 18.1 Å². The summed E-state index contributed by atoms with van der Waals surface area (Å²) in [5.74, 6) is -1.60. The number of carboxylic acid groups (broad SMARTS) is 1. The Bertz CT molecular complexity index is 1400. The van der Waals surface area contributed by atoms with Gasteiger partial charge in [-0.1, -0.05) is 45.0 Å². The van der Waals surface area contributed by atoms with Crippen molar-refractivity contribution in [3.05, 3.63) is 60.5 Å². The highest BCUT2D eigenvalue weighted by molar-refractivity contribution is 7.89. The van der Waals surface area contributed by atoms with Crippen molar-refractivity contribution in [2.24, 2.45) is 5.41 Å². The molecule has 3 N–H and O–H groups in total. The summed E-state index contributed by atoms with van der Waals surface area (Å²) in [7, 11) is -2.12. The molecule has 1 fully saturated rings. The van der Waals surface area contributed by atoms with Gasteiger partial charge < -0.3 is 20.2 Å². The summed E-state index contributed by atoms with van der Waals surface area (Å²) >= 11 is 0. The van der Waals surface area contributed by atoms with E-state index in [9.17, 15) is 22.8 Å². The van der Waals surface area contributed by atoms with E-state index in [1.54, 1.807) is 31.3 Å². The van der Waals surface area contributed by atoms with Crippen molar-refractivity contribution >= 4 is 38.7 Å². The van der Waals surface area contributed by atoms with E-state index in [1.165, 1.54) is 18.3 Å².